The molecule has 3 heterocycles. The number of nitrogens with zero attached hydrogens (tertiary/aromatic N) is 3. The molecule has 0 aliphatic carbocycles. The summed E-state index contributed by atoms with van der Waals surface area (Å²) >= 11 is 7.60. The maximum Gasteiger partial charge on any atom is 0.205 e. The van der Waals surface area contributed by atoms with Crippen LogP contribution in [0.1, 0.15) is 5.89 Å². The molecule has 114 valence electrons. The molecule has 0 fully saturated rings. The summed E-state index contributed by atoms with van der Waals surface area (Å²) in [6, 6.07) is 13.6. The van der Waals surface area contributed by atoms with Gasteiger partial charge in [-0.3, -0.25) is 4.40 Å². The largest absolute Gasteiger partial charge is 0.440 e. The summed E-state index contributed by atoms with van der Waals surface area (Å²) < 4.78 is 7.85. The predicted molar refractivity (Wildman–Crippen MR) is 91.7 cm³/mol. The molecule has 0 bridgehead atoms. The van der Waals surface area contributed by atoms with E-state index in [0.29, 0.717) is 16.7 Å². The summed E-state index contributed by atoms with van der Waals surface area (Å²) in [6.45, 7) is 0. The maximum absolute atomic E-state index is 6.01. The smallest absolute Gasteiger partial charge is 0.205 e. The Balaban J connectivity index is 1.52. The number of halogens is 1. The molecule has 0 saturated carbocycles. The molecule has 0 spiro atoms. The van der Waals surface area contributed by atoms with Gasteiger partial charge in [-0.15, -0.1) is 0 Å². The van der Waals surface area contributed by atoms with E-state index in [-0.39, 0.29) is 0 Å². The highest BCUT2D eigenvalue weighted by Crippen LogP contribution is 2.27. The first-order valence-corrected chi connectivity index (χ1v) is 8.41. The normalized spacial score (nSPS) is 11.2. The van der Waals surface area contributed by atoms with Crippen LogP contribution in [0.4, 0.5) is 0 Å². The van der Waals surface area contributed by atoms with Gasteiger partial charge in [-0.2, -0.15) is 0 Å². The molecule has 0 unspecified atom stereocenters. The Hall–Kier alpha value is -2.24. The monoisotopic (exact) mass is 341 g/mol. The van der Waals surface area contributed by atoms with Crippen molar-refractivity contribution in [3.05, 3.63) is 72.0 Å². The van der Waals surface area contributed by atoms with Gasteiger partial charge >= 0.3 is 0 Å². The van der Waals surface area contributed by atoms with Crippen LogP contribution < -0.4 is 0 Å². The summed E-state index contributed by atoms with van der Waals surface area (Å²) in [4.78, 5) is 8.76. The molecule has 4 rings (SSSR count). The lowest BCUT2D eigenvalue weighted by Crippen LogP contribution is -1.87. The van der Waals surface area contributed by atoms with Gasteiger partial charge in [0.05, 0.1) is 23.7 Å². The number of hydrogen-bond acceptors (Lipinski definition) is 4. The topological polar surface area (TPSA) is 43.3 Å². The molecule has 1 aromatic carbocycles. The molecular formula is C17H12ClN3OS. The van der Waals surface area contributed by atoms with E-state index in [0.717, 1.165) is 22.0 Å². The third-order valence-corrected chi connectivity index (χ3v) is 4.58. The standard InChI is InChI=1S/C17H12ClN3OS/c18-13-5-3-4-12(8-13)15-10-19-16(22-15)11-23-17-20-9-14-6-1-2-7-21(14)17/h1-10H,11H2. The zero-order chi connectivity index (χ0) is 15.6. The van der Waals surface area contributed by atoms with Crippen LogP contribution in [0.3, 0.4) is 0 Å². The number of benzene rings is 1. The highest BCUT2D eigenvalue weighted by Gasteiger charge is 2.09. The van der Waals surface area contributed by atoms with Crippen molar-refractivity contribution in [3.8, 4) is 11.3 Å². The average Bonchev–Trinajstić information content (AvgIpc) is 3.20. The summed E-state index contributed by atoms with van der Waals surface area (Å²) in [7, 11) is 0. The molecule has 0 N–H and O–H groups in total. The lowest BCUT2D eigenvalue weighted by molar-refractivity contribution is 0.530. The fourth-order valence-corrected chi connectivity index (χ4v) is 3.31. The molecule has 4 aromatic rings. The van der Waals surface area contributed by atoms with Crippen molar-refractivity contribution in [2.24, 2.45) is 0 Å². The quantitative estimate of drug-likeness (QED) is 0.493. The van der Waals surface area contributed by atoms with Crippen molar-refractivity contribution >= 4 is 28.9 Å². The van der Waals surface area contributed by atoms with Crippen molar-refractivity contribution in [1.82, 2.24) is 14.4 Å². The third-order valence-electron chi connectivity index (χ3n) is 3.39. The minimum Gasteiger partial charge on any atom is -0.440 e. The molecule has 4 nitrogen and oxygen atoms in total. The van der Waals surface area contributed by atoms with Crippen molar-refractivity contribution in [2.75, 3.05) is 0 Å². The Morgan fingerprint density at radius 2 is 2.04 bits per heavy atom. The molecule has 0 radical (unpaired) electrons. The third kappa shape index (κ3) is 2.98. The van der Waals surface area contributed by atoms with Crippen LogP contribution in [0, 0.1) is 0 Å². The number of imidazole rings is 1. The highest BCUT2D eigenvalue weighted by molar-refractivity contribution is 7.98. The van der Waals surface area contributed by atoms with E-state index in [4.69, 9.17) is 16.0 Å². The summed E-state index contributed by atoms with van der Waals surface area (Å²) in [5, 5.41) is 1.60. The molecule has 3 aromatic heterocycles. The van der Waals surface area contributed by atoms with E-state index < -0.39 is 0 Å². The number of aromatic nitrogens is 3. The van der Waals surface area contributed by atoms with Gasteiger partial charge in [0.1, 0.15) is 0 Å². The number of oxazole rings is 1. The van der Waals surface area contributed by atoms with E-state index in [9.17, 15) is 0 Å². The molecule has 6 heteroatoms. The number of rotatable bonds is 4. The van der Waals surface area contributed by atoms with Gasteiger partial charge in [-0.1, -0.05) is 41.6 Å². The van der Waals surface area contributed by atoms with Crippen LogP contribution >= 0.6 is 23.4 Å². The molecule has 0 saturated heterocycles. The van der Waals surface area contributed by atoms with Crippen LogP contribution in [0.2, 0.25) is 5.02 Å². The number of hydrogen-bond donors (Lipinski definition) is 0. The van der Waals surface area contributed by atoms with Crippen LogP contribution in [-0.2, 0) is 5.75 Å². The summed E-state index contributed by atoms with van der Waals surface area (Å²) in [5.41, 5.74) is 1.99. The second-order valence-corrected chi connectivity index (χ2v) is 6.33. The van der Waals surface area contributed by atoms with Crippen LogP contribution in [0.15, 0.2) is 70.6 Å². The van der Waals surface area contributed by atoms with Crippen LogP contribution in [0.25, 0.3) is 16.8 Å². The van der Waals surface area contributed by atoms with Crippen molar-refractivity contribution in [2.45, 2.75) is 10.9 Å². The second kappa shape index (κ2) is 6.10. The molecule has 0 atom stereocenters. The number of fused-ring (bicyclic) bond motifs is 1. The van der Waals surface area contributed by atoms with Gasteiger partial charge in [-0.05, 0) is 24.3 Å². The molecule has 0 amide bonds. The van der Waals surface area contributed by atoms with Gasteiger partial charge in [-0.25, -0.2) is 9.97 Å². The Bertz CT molecular complexity index is 963. The maximum atomic E-state index is 6.01. The molecule has 23 heavy (non-hydrogen) atoms. The van der Waals surface area contributed by atoms with Gasteiger partial charge < -0.3 is 4.42 Å². The summed E-state index contributed by atoms with van der Waals surface area (Å²) in [5.74, 6) is 2.00. The highest BCUT2D eigenvalue weighted by atomic mass is 35.5. The summed E-state index contributed by atoms with van der Waals surface area (Å²) in [6.07, 6.45) is 5.58. The molecular weight excluding hydrogens is 330 g/mol. The van der Waals surface area contributed by atoms with Crippen LogP contribution in [-0.4, -0.2) is 14.4 Å². The van der Waals surface area contributed by atoms with Gasteiger partial charge in [0.25, 0.3) is 0 Å². The van der Waals surface area contributed by atoms with Crippen molar-refractivity contribution < 1.29 is 4.42 Å². The predicted octanol–water partition coefficient (Wildman–Crippen LogP) is 4.94. The Morgan fingerprint density at radius 3 is 2.96 bits per heavy atom. The Kier molecular flexibility index (Phi) is 3.81. The minimum atomic E-state index is 0.620. The first-order valence-electron chi connectivity index (χ1n) is 7.05. The first-order chi connectivity index (χ1) is 11.3. The van der Waals surface area contributed by atoms with Gasteiger partial charge in [0.15, 0.2) is 10.9 Å². The number of pyridine rings is 1. The lowest BCUT2D eigenvalue weighted by atomic mass is 10.2. The molecule has 0 aliphatic rings. The van der Waals surface area contributed by atoms with E-state index in [1.807, 2.05) is 59.3 Å². The van der Waals surface area contributed by atoms with Crippen LogP contribution in [0.5, 0.6) is 0 Å². The average molecular weight is 342 g/mol. The zero-order valence-corrected chi connectivity index (χ0v) is 13.6. The second-order valence-electron chi connectivity index (χ2n) is 4.95. The van der Waals surface area contributed by atoms with Gasteiger partial charge in [0, 0.05) is 16.8 Å². The Morgan fingerprint density at radius 1 is 1.09 bits per heavy atom. The Labute approximate surface area is 142 Å². The van der Waals surface area contributed by atoms with Gasteiger partial charge in [0.2, 0.25) is 5.89 Å². The fourth-order valence-electron chi connectivity index (χ4n) is 2.30. The van der Waals surface area contributed by atoms with E-state index in [1.165, 1.54) is 0 Å². The minimum absolute atomic E-state index is 0.620. The number of thioether (sulfide) groups is 1. The fraction of sp³-hybridized carbons (Fsp3) is 0.0588. The lowest BCUT2D eigenvalue weighted by Gasteiger charge is -1.99. The SMILES string of the molecule is Clc1cccc(-c2cnc(CSc3ncc4ccccn34)o2)c1. The van der Waals surface area contributed by atoms with E-state index in [2.05, 4.69) is 9.97 Å². The van der Waals surface area contributed by atoms with Crippen molar-refractivity contribution in [3.63, 3.8) is 0 Å². The van der Waals surface area contributed by atoms with E-state index >= 15 is 0 Å². The van der Waals surface area contributed by atoms with Crippen molar-refractivity contribution in [1.29, 1.82) is 0 Å². The van der Waals surface area contributed by atoms with E-state index in [1.54, 1.807) is 18.0 Å². The first kappa shape index (κ1) is 14.4. The zero-order valence-electron chi connectivity index (χ0n) is 12.0. The molecule has 0 aliphatic heterocycles.